The molecule has 0 fully saturated rings. The molecule has 2 atom stereocenters. The lowest BCUT2D eigenvalue weighted by Gasteiger charge is -2.14. The van der Waals surface area contributed by atoms with Gasteiger partial charge in [0, 0.05) is 0 Å². The van der Waals surface area contributed by atoms with Crippen molar-refractivity contribution in [3.8, 4) is 0 Å². The number of rotatable bonds is 5. The molecular weight excluding hydrogens is 146 g/mol. The highest BCUT2D eigenvalue weighted by Crippen LogP contribution is 1.92. The molecular formula is C7H13NO3. The van der Waals surface area contributed by atoms with E-state index in [2.05, 4.69) is 11.9 Å². The summed E-state index contributed by atoms with van der Waals surface area (Å²) < 4.78 is 0. The smallest absolute Gasteiger partial charge is 0.320 e. The molecule has 3 N–H and O–H groups in total. The van der Waals surface area contributed by atoms with Crippen LogP contribution in [0.25, 0.3) is 0 Å². The summed E-state index contributed by atoms with van der Waals surface area (Å²) in [7, 11) is 0. The van der Waals surface area contributed by atoms with Crippen LogP contribution in [0.2, 0.25) is 0 Å². The normalized spacial score (nSPS) is 15.5. The van der Waals surface area contributed by atoms with Gasteiger partial charge in [-0.25, -0.2) is 0 Å². The van der Waals surface area contributed by atoms with E-state index in [0.717, 1.165) is 0 Å². The SMILES string of the molecule is C=CC(O)NC(CC)C(=O)O. The van der Waals surface area contributed by atoms with Crippen LogP contribution < -0.4 is 5.32 Å². The number of aliphatic carboxylic acids is 1. The fourth-order valence-electron chi connectivity index (χ4n) is 0.638. The van der Waals surface area contributed by atoms with Crippen molar-refractivity contribution in [3.63, 3.8) is 0 Å². The van der Waals surface area contributed by atoms with Gasteiger partial charge in [-0.3, -0.25) is 10.1 Å². The fraction of sp³-hybridized carbons (Fsp3) is 0.571. The quantitative estimate of drug-likeness (QED) is 0.388. The Morgan fingerprint density at radius 1 is 1.82 bits per heavy atom. The van der Waals surface area contributed by atoms with Crippen molar-refractivity contribution >= 4 is 5.97 Å². The number of hydrogen-bond acceptors (Lipinski definition) is 3. The van der Waals surface area contributed by atoms with Crippen LogP contribution in [-0.4, -0.2) is 28.5 Å². The van der Waals surface area contributed by atoms with E-state index in [1.54, 1.807) is 6.92 Å². The standard InChI is InChI=1S/C7H13NO3/c1-3-5(7(10)11)8-6(9)4-2/h4-6,8-9H,2-3H2,1H3,(H,10,11). The molecule has 0 aromatic heterocycles. The third kappa shape index (κ3) is 3.75. The lowest BCUT2D eigenvalue weighted by Crippen LogP contribution is -2.41. The first kappa shape index (κ1) is 10.1. The molecule has 4 heteroatoms. The van der Waals surface area contributed by atoms with Crippen LogP contribution in [0.3, 0.4) is 0 Å². The first-order chi connectivity index (χ1) is 5.11. The number of carbonyl (C=O) groups is 1. The average molecular weight is 159 g/mol. The zero-order chi connectivity index (χ0) is 8.85. The summed E-state index contributed by atoms with van der Waals surface area (Å²) in [6.07, 6.45) is 0.724. The third-order valence-corrected chi connectivity index (χ3v) is 1.30. The van der Waals surface area contributed by atoms with Crippen molar-refractivity contribution in [2.75, 3.05) is 0 Å². The minimum Gasteiger partial charge on any atom is -0.480 e. The molecule has 4 nitrogen and oxygen atoms in total. The van der Waals surface area contributed by atoms with Crippen LogP contribution in [0, 0.1) is 0 Å². The van der Waals surface area contributed by atoms with E-state index in [1.165, 1.54) is 6.08 Å². The highest BCUT2D eigenvalue weighted by Gasteiger charge is 2.15. The molecule has 0 heterocycles. The number of aliphatic hydroxyl groups excluding tert-OH is 1. The van der Waals surface area contributed by atoms with E-state index in [0.29, 0.717) is 6.42 Å². The summed E-state index contributed by atoms with van der Waals surface area (Å²) in [5.41, 5.74) is 0. The van der Waals surface area contributed by atoms with Crippen molar-refractivity contribution in [1.82, 2.24) is 5.32 Å². The molecule has 0 aliphatic rings. The van der Waals surface area contributed by atoms with Crippen LogP contribution in [-0.2, 0) is 4.79 Å². The Bertz CT molecular complexity index is 147. The second-order valence-corrected chi connectivity index (χ2v) is 2.15. The van der Waals surface area contributed by atoms with Gasteiger partial charge in [0.25, 0.3) is 0 Å². The van der Waals surface area contributed by atoms with Crippen molar-refractivity contribution in [1.29, 1.82) is 0 Å². The van der Waals surface area contributed by atoms with Gasteiger partial charge in [0.05, 0.1) is 0 Å². The highest BCUT2D eigenvalue weighted by molar-refractivity contribution is 5.73. The Balaban J connectivity index is 3.87. The molecule has 0 aromatic carbocycles. The molecule has 11 heavy (non-hydrogen) atoms. The van der Waals surface area contributed by atoms with Gasteiger partial charge >= 0.3 is 5.97 Å². The van der Waals surface area contributed by atoms with Crippen molar-refractivity contribution in [2.24, 2.45) is 0 Å². The van der Waals surface area contributed by atoms with Crippen LogP contribution in [0.5, 0.6) is 0 Å². The molecule has 0 spiro atoms. The first-order valence-corrected chi connectivity index (χ1v) is 3.41. The maximum atomic E-state index is 10.4. The van der Waals surface area contributed by atoms with E-state index >= 15 is 0 Å². The largest absolute Gasteiger partial charge is 0.480 e. The fourth-order valence-corrected chi connectivity index (χ4v) is 0.638. The van der Waals surface area contributed by atoms with E-state index in [-0.39, 0.29) is 0 Å². The molecule has 0 rings (SSSR count). The van der Waals surface area contributed by atoms with Gasteiger partial charge in [-0.05, 0) is 12.5 Å². The Morgan fingerprint density at radius 2 is 2.36 bits per heavy atom. The van der Waals surface area contributed by atoms with Crippen LogP contribution in [0.15, 0.2) is 12.7 Å². The summed E-state index contributed by atoms with van der Waals surface area (Å²) in [6, 6.07) is -0.706. The van der Waals surface area contributed by atoms with Crippen molar-refractivity contribution in [2.45, 2.75) is 25.6 Å². The van der Waals surface area contributed by atoms with E-state index < -0.39 is 18.2 Å². The zero-order valence-corrected chi connectivity index (χ0v) is 6.45. The molecule has 0 radical (unpaired) electrons. The third-order valence-electron chi connectivity index (χ3n) is 1.30. The van der Waals surface area contributed by atoms with Gasteiger partial charge in [0.15, 0.2) is 0 Å². The summed E-state index contributed by atoms with van der Waals surface area (Å²) in [5.74, 6) is -0.964. The molecule has 0 saturated carbocycles. The van der Waals surface area contributed by atoms with E-state index in [4.69, 9.17) is 10.2 Å². The molecule has 0 saturated heterocycles. The van der Waals surface area contributed by atoms with Crippen LogP contribution in [0.1, 0.15) is 13.3 Å². The van der Waals surface area contributed by atoms with Crippen LogP contribution in [0.4, 0.5) is 0 Å². The van der Waals surface area contributed by atoms with Crippen LogP contribution >= 0.6 is 0 Å². The van der Waals surface area contributed by atoms with Gasteiger partial charge in [-0.2, -0.15) is 0 Å². The maximum Gasteiger partial charge on any atom is 0.320 e. The predicted molar refractivity (Wildman–Crippen MR) is 41.1 cm³/mol. The molecule has 64 valence electrons. The molecule has 0 aliphatic carbocycles. The average Bonchev–Trinajstić information content (AvgIpc) is 1.99. The zero-order valence-electron chi connectivity index (χ0n) is 6.45. The number of carboxylic acids is 1. The Kier molecular flexibility index (Phi) is 4.49. The molecule has 0 amide bonds. The topological polar surface area (TPSA) is 69.6 Å². The summed E-state index contributed by atoms with van der Waals surface area (Å²) in [4.78, 5) is 10.4. The second-order valence-electron chi connectivity index (χ2n) is 2.15. The molecule has 0 aromatic rings. The van der Waals surface area contributed by atoms with Gasteiger partial charge in [0.2, 0.25) is 0 Å². The highest BCUT2D eigenvalue weighted by atomic mass is 16.4. The van der Waals surface area contributed by atoms with Gasteiger partial charge in [-0.15, -0.1) is 0 Å². The van der Waals surface area contributed by atoms with Gasteiger partial charge < -0.3 is 10.2 Å². The minimum atomic E-state index is -0.964. The van der Waals surface area contributed by atoms with Gasteiger partial charge in [-0.1, -0.05) is 13.5 Å². The van der Waals surface area contributed by atoms with E-state index in [9.17, 15) is 4.79 Å². The first-order valence-electron chi connectivity index (χ1n) is 3.41. The summed E-state index contributed by atoms with van der Waals surface area (Å²) >= 11 is 0. The summed E-state index contributed by atoms with van der Waals surface area (Å²) in [6.45, 7) is 5.03. The lowest BCUT2D eigenvalue weighted by atomic mass is 10.2. The minimum absolute atomic E-state index is 0.431. The Labute approximate surface area is 65.5 Å². The monoisotopic (exact) mass is 159 g/mol. The maximum absolute atomic E-state index is 10.4. The number of carboxylic acid groups (broad SMARTS) is 1. The van der Waals surface area contributed by atoms with Crippen molar-refractivity contribution < 1.29 is 15.0 Å². The Hall–Kier alpha value is -0.870. The number of aliphatic hydroxyl groups is 1. The molecule has 0 aliphatic heterocycles. The predicted octanol–water partition coefficient (Wildman–Crippen LogP) is -0.0564. The lowest BCUT2D eigenvalue weighted by molar-refractivity contribution is -0.140. The molecule has 0 bridgehead atoms. The van der Waals surface area contributed by atoms with Crippen molar-refractivity contribution in [3.05, 3.63) is 12.7 Å². The van der Waals surface area contributed by atoms with Gasteiger partial charge in [0.1, 0.15) is 12.3 Å². The number of nitrogens with one attached hydrogen (secondary N) is 1. The Morgan fingerprint density at radius 3 is 2.64 bits per heavy atom. The molecule has 2 unspecified atom stereocenters. The second kappa shape index (κ2) is 4.87. The van der Waals surface area contributed by atoms with E-state index in [1.807, 2.05) is 0 Å². The summed E-state index contributed by atoms with van der Waals surface area (Å²) in [5, 5.41) is 19.9. The number of hydrogen-bond donors (Lipinski definition) is 3.